The van der Waals surface area contributed by atoms with Crippen molar-refractivity contribution < 1.29 is 17.9 Å². The van der Waals surface area contributed by atoms with Crippen LogP contribution < -0.4 is 4.74 Å². The number of benzene rings is 3. The molecule has 0 bridgehead atoms. The number of rotatable bonds is 10. The first-order valence-corrected chi connectivity index (χ1v) is 10.2. The minimum Gasteiger partial charge on any atom is -0.429 e. The monoisotopic (exact) mass is 422 g/mol. The van der Waals surface area contributed by atoms with Gasteiger partial charge < -0.3 is 4.74 Å². The average molecular weight is 422 g/mol. The zero-order chi connectivity index (χ0) is 22.3. The van der Waals surface area contributed by atoms with Gasteiger partial charge in [-0.2, -0.15) is 8.78 Å². The molecule has 0 heterocycles. The summed E-state index contributed by atoms with van der Waals surface area (Å²) in [4.78, 5) is 0. The van der Waals surface area contributed by atoms with E-state index in [1.807, 2.05) is 30.3 Å². The smallest absolute Gasteiger partial charge is 0.426 e. The van der Waals surface area contributed by atoms with Crippen LogP contribution in [0.3, 0.4) is 0 Å². The maximum atomic E-state index is 14.6. The molecule has 0 aliphatic rings. The first-order valence-electron chi connectivity index (χ1n) is 10.2. The fourth-order valence-corrected chi connectivity index (χ4v) is 3.24. The molecule has 0 aliphatic heterocycles. The van der Waals surface area contributed by atoms with Gasteiger partial charge in [-0.3, -0.25) is 0 Å². The van der Waals surface area contributed by atoms with Crippen LogP contribution in [-0.2, 0) is 19.0 Å². The van der Waals surface area contributed by atoms with E-state index in [0.29, 0.717) is 18.4 Å². The third kappa shape index (κ3) is 5.88. The van der Waals surface area contributed by atoms with E-state index in [9.17, 15) is 13.2 Å². The predicted molar refractivity (Wildman–Crippen MR) is 120 cm³/mol. The van der Waals surface area contributed by atoms with Crippen LogP contribution in [0.15, 0.2) is 92.0 Å². The maximum Gasteiger partial charge on any atom is 0.426 e. The molecule has 0 saturated heterocycles. The molecule has 3 aromatic rings. The van der Waals surface area contributed by atoms with Crippen molar-refractivity contribution >= 4 is 0 Å². The van der Waals surface area contributed by atoms with Crippen LogP contribution in [0.1, 0.15) is 29.5 Å². The van der Waals surface area contributed by atoms with E-state index in [4.69, 9.17) is 4.74 Å². The Morgan fingerprint density at radius 2 is 1.35 bits per heavy atom. The van der Waals surface area contributed by atoms with Crippen LogP contribution in [0, 0.1) is 5.82 Å². The molecule has 1 nitrogen and oxygen atoms in total. The number of ether oxygens (including phenoxy) is 1. The minimum absolute atomic E-state index is 0.00694. The predicted octanol–water partition coefficient (Wildman–Crippen LogP) is 7.86. The molecular weight excluding hydrogens is 397 g/mol. The molecule has 31 heavy (non-hydrogen) atoms. The number of aryl methyl sites for hydroxylation is 2. The largest absolute Gasteiger partial charge is 0.429 e. The van der Waals surface area contributed by atoms with Crippen LogP contribution in [-0.4, -0.2) is 0 Å². The summed E-state index contributed by atoms with van der Waals surface area (Å²) in [5, 5.41) is 0. The van der Waals surface area contributed by atoms with Gasteiger partial charge in [0.2, 0.25) is 0 Å². The Morgan fingerprint density at radius 1 is 0.774 bits per heavy atom. The van der Waals surface area contributed by atoms with Gasteiger partial charge in [0.25, 0.3) is 0 Å². The molecule has 0 saturated carbocycles. The zero-order valence-corrected chi connectivity index (χ0v) is 17.3. The Morgan fingerprint density at radius 3 is 1.94 bits per heavy atom. The summed E-state index contributed by atoms with van der Waals surface area (Å²) in [6.07, 6.45) is 2.74. The molecule has 0 aliphatic carbocycles. The molecule has 0 spiro atoms. The Hall–Kier alpha value is -3.27. The lowest BCUT2D eigenvalue weighted by molar-refractivity contribution is -0.185. The van der Waals surface area contributed by atoms with Crippen LogP contribution in [0.4, 0.5) is 13.2 Å². The molecule has 4 heteroatoms. The lowest BCUT2D eigenvalue weighted by Crippen LogP contribution is -2.22. The van der Waals surface area contributed by atoms with Gasteiger partial charge in [0.15, 0.2) is 0 Å². The van der Waals surface area contributed by atoms with Crippen LogP contribution in [0.25, 0.3) is 11.1 Å². The molecule has 0 N–H and O–H groups in total. The highest BCUT2D eigenvalue weighted by molar-refractivity contribution is 5.64. The van der Waals surface area contributed by atoms with Gasteiger partial charge in [0, 0.05) is 0 Å². The topological polar surface area (TPSA) is 9.23 Å². The van der Waals surface area contributed by atoms with E-state index >= 15 is 0 Å². The first-order chi connectivity index (χ1) is 14.9. The second-order valence-corrected chi connectivity index (χ2v) is 7.30. The van der Waals surface area contributed by atoms with Gasteiger partial charge in [-0.1, -0.05) is 54.6 Å². The highest BCUT2D eigenvalue weighted by Crippen LogP contribution is 2.33. The van der Waals surface area contributed by atoms with Crippen molar-refractivity contribution in [3.05, 3.63) is 115 Å². The molecule has 0 radical (unpaired) electrons. The third-order valence-corrected chi connectivity index (χ3v) is 5.03. The molecular formula is C27H25F3O. The van der Waals surface area contributed by atoms with E-state index < -0.39 is 17.5 Å². The minimum atomic E-state index is -3.65. The maximum absolute atomic E-state index is 14.6. The lowest BCUT2D eigenvalue weighted by Gasteiger charge is -2.19. The standard InChI is InChI=1S/C27H25F3O/c1-3-5-7-20-9-11-21(12-10-20)22-14-17-25(18-15-22)31-27(29,30)24-16-13-23(8-6-4-2)26(28)19-24/h3-4,9-19H,1-2,5-8H2. The summed E-state index contributed by atoms with van der Waals surface area (Å²) in [5.41, 5.74) is 2.94. The molecule has 160 valence electrons. The molecule has 3 rings (SSSR count). The van der Waals surface area contributed by atoms with Gasteiger partial charge in [0.1, 0.15) is 11.6 Å². The van der Waals surface area contributed by atoms with Gasteiger partial charge in [0.05, 0.1) is 5.56 Å². The van der Waals surface area contributed by atoms with Gasteiger partial charge >= 0.3 is 6.11 Å². The van der Waals surface area contributed by atoms with Crippen LogP contribution >= 0.6 is 0 Å². The number of alkyl halides is 2. The highest BCUT2D eigenvalue weighted by Gasteiger charge is 2.35. The quantitative estimate of drug-likeness (QED) is 0.302. The summed E-state index contributed by atoms with van der Waals surface area (Å²) >= 11 is 0. The summed E-state index contributed by atoms with van der Waals surface area (Å²) in [7, 11) is 0. The summed E-state index contributed by atoms with van der Waals surface area (Å²) in [6.45, 7) is 7.31. The van der Waals surface area contributed by atoms with Gasteiger partial charge in [-0.05, 0) is 72.2 Å². The van der Waals surface area contributed by atoms with Crippen molar-refractivity contribution in [3.63, 3.8) is 0 Å². The fraction of sp³-hybridized carbons (Fsp3) is 0.185. The Balaban J connectivity index is 1.70. The molecule has 0 amide bonds. The highest BCUT2D eigenvalue weighted by atomic mass is 19.3. The van der Waals surface area contributed by atoms with E-state index in [-0.39, 0.29) is 5.75 Å². The van der Waals surface area contributed by atoms with Crippen LogP contribution in [0.2, 0.25) is 0 Å². The number of hydrogen-bond acceptors (Lipinski definition) is 1. The van der Waals surface area contributed by atoms with Crippen molar-refractivity contribution in [1.29, 1.82) is 0 Å². The van der Waals surface area contributed by atoms with Crippen molar-refractivity contribution in [2.75, 3.05) is 0 Å². The second-order valence-electron chi connectivity index (χ2n) is 7.30. The normalized spacial score (nSPS) is 11.2. The third-order valence-electron chi connectivity index (χ3n) is 5.03. The van der Waals surface area contributed by atoms with Gasteiger partial charge in [-0.25, -0.2) is 4.39 Å². The molecule has 0 fully saturated rings. The van der Waals surface area contributed by atoms with Crippen molar-refractivity contribution in [2.24, 2.45) is 0 Å². The molecule has 0 unspecified atom stereocenters. The average Bonchev–Trinajstić information content (AvgIpc) is 2.77. The van der Waals surface area contributed by atoms with Crippen molar-refractivity contribution in [2.45, 2.75) is 31.8 Å². The number of halogens is 3. The van der Waals surface area contributed by atoms with Gasteiger partial charge in [-0.15, -0.1) is 13.2 Å². The number of allylic oxidation sites excluding steroid dienone is 2. The summed E-state index contributed by atoms with van der Waals surface area (Å²) in [5.74, 6) is -0.665. The molecule has 0 atom stereocenters. The fourth-order valence-electron chi connectivity index (χ4n) is 3.24. The summed E-state index contributed by atoms with van der Waals surface area (Å²) in [6, 6.07) is 17.9. The van der Waals surface area contributed by atoms with E-state index in [1.54, 1.807) is 18.2 Å². The van der Waals surface area contributed by atoms with E-state index in [0.717, 1.165) is 30.0 Å². The Bertz CT molecular complexity index is 1020. The molecule has 0 aromatic heterocycles. The second kappa shape index (κ2) is 10.2. The lowest BCUT2D eigenvalue weighted by atomic mass is 10.0. The van der Waals surface area contributed by atoms with Crippen molar-refractivity contribution in [3.8, 4) is 16.9 Å². The zero-order valence-electron chi connectivity index (χ0n) is 17.3. The van der Waals surface area contributed by atoms with E-state index in [2.05, 4.69) is 13.2 Å². The summed E-state index contributed by atoms with van der Waals surface area (Å²) < 4.78 is 48.2. The SMILES string of the molecule is C=CCCc1ccc(-c2ccc(OC(F)(F)c3ccc(CCC=C)c(F)c3)cc2)cc1. The first kappa shape index (κ1) is 22.4. The van der Waals surface area contributed by atoms with Crippen molar-refractivity contribution in [1.82, 2.24) is 0 Å². The Labute approximate surface area is 181 Å². The van der Waals surface area contributed by atoms with E-state index in [1.165, 1.54) is 29.8 Å². The van der Waals surface area contributed by atoms with Crippen LogP contribution in [0.5, 0.6) is 5.75 Å². The Kier molecular flexibility index (Phi) is 7.35. The number of hydrogen-bond donors (Lipinski definition) is 0. The molecule has 3 aromatic carbocycles.